The number of hydrogen-bond donors (Lipinski definition) is 3. The van der Waals surface area contributed by atoms with E-state index in [1.54, 1.807) is 34.6 Å². The van der Waals surface area contributed by atoms with Gasteiger partial charge in [-0.2, -0.15) is 13.2 Å². The number of amides is 5. The van der Waals surface area contributed by atoms with E-state index >= 15 is 0 Å². The van der Waals surface area contributed by atoms with Crippen LogP contribution in [0.4, 0.5) is 18.0 Å². The minimum absolute atomic E-state index is 0.161. The molecule has 12 nitrogen and oxygen atoms in total. The van der Waals surface area contributed by atoms with Gasteiger partial charge in [0.1, 0.15) is 30.8 Å². The molecule has 42 heavy (non-hydrogen) atoms. The lowest BCUT2D eigenvalue weighted by Gasteiger charge is -2.33. The summed E-state index contributed by atoms with van der Waals surface area (Å²) in [5.41, 5.74) is -0.715. The quantitative estimate of drug-likeness (QED) is 0.300. The van der Waals surface area contributed by atoms with Gasteiger partial charge < -0.3 is 35.2 Å². The van der Waals surface area contributed by atoms with Crippen molar-refractivity contribution < 1.29 is 47.0 Å². The summed E-state index contributed by atoms with van der Waals surface area (Å²) in [5, 5.41) is 14.7. The second kappa shape index (κ2) is 13.9. The normalized spacial score (nSPS) is 20.2. The lowest BCUT2D eigenvalue weighted by Crippen LogP contribution is -2.59. The Kier molecular flexibility index (Phi) is 11.6. The summed E-state index contributed by atoms with van der Waals surface area (Å²) in [5.74, 6) is -3.75. The third-order valence-electron chi connectivity index (χ3n) is 7.05. The molecule has 0 aromatic rings. The molecule has 2 fully saturated rings. The number of esters is 1. The highest BCUT2D eigenvalue weighted by molar-refractivity contribution is 5.94. The number of nitrogens with zero attached hydrogens (tertiary/aromatic N) is 3. The van der Waals surface area contributed by atoms with Crippen LogP contribution in [0.3, 0.4) is 0 Å². The number of likely N-dealkylation sites (tertiary alicyclic amines) is 1. The second-order valence-corrected chi connectivity index (χ2v) is 12.5. The van der Waals surface area contributed by atoms with Crippen LogP contribution in [0.25, 0.3) is 0 Å². The zero-order valence-electron chi connectivity index (χ0n) is 25.3. The Morgan fingerprint density at radius 3 is 2.02 bits per heavy atom. The third kappa shape index (κ3) is 9.46. The molecule has 2 heterocycles. The minimum Gasteiger partial charge on any atom is -0.459 e. The number of aliphatic hydroxyl groups is 1. The second-order valence-electron chi connectivity index (χ2n) is 12.5. The summed E-state index contributed by atoms with van der Waals surface area (Å²) in [6.07, 6.45) is -7.09. The van der Waals surface area contributed by atoms with E-state index in [4.69, 9.17) is 4.74 Å². The third-order valence-corrected chi connectivity index (χ3v) is 7.05. The van der Waals surface area contributed by atoms with E-state index in [1.165, 1.54) is 28.5 Å². The van der Waals surface area contributed by atoms with Gasteiger partial charge in [-0.3, -0.25) is 19.2 Å². The maximum absolute atomic E-state index is 13.5. The highest BCUT2D eigenvalue weighted by Crippen LogP contribution is 2.27. The number of hydrogen-bond acceptors (Lipinski definition) is 7. The summed E-state index contributed by atoms with van der Waals surface area (Å²) in [4.78, 5) is 68.0. The van der Waals surface area contributed by atoms with Gasteiger partial charge in [-0.1, -0.05) is 27.7 Å². The van der Waals surface area contributed by atoms with Crippen molar-refractivity contribution in [3.8, 4) is 0 Å². The fourth-order valence-corrected chi connectivity index (χ4v) is 4.92. The van der Waals surface area contributed by atoms with Crippen molar-refractivity contribution in [1.82, 2.24) is 25.3 Å². The Balaban J connectivity index is 2.04. The first-order valence-electron chi connectivity index (χ1n) is 14.1. The van der Waals surface area contributed by atoms with Crippen molar-refractivity contribution in [3.05, 3.63) is 0 Å². The smallest absolute Gasteiger partial charge is 0.416 e. The van der Waals surface area contributed by atoms with Crippen molar-refractivity contribution in [1.29, 1.82) is 0 Å². The minimum atomic E-state index is -4.94. The van der Waals surface area contributed by atoms with Crippen LogP contribution in [0.1, 0.15) is 61.3 Å². The number of carbonyl (C=O) groups is 5. The molecule has 3 N–H and O–H groups in total. The van der Waals surface area contributed by atoms with Crippen LogP contribution in [0.5, 0.6) is 0 Å². The summed E-state index contributed by atoms with van der Waals surface area (Å²) in [6.45, 7) is 11.3. The maximum Gasteiger partial charge on any atom is 0.416 e. The van der Waals surface area contributed by atoms with Gasteiger partial charge >= 0.3 is 18.2 Å². The average Bonchev–Trinajstić information content (AvgIpc) is 3.46. The largest absolute Gasteiger partial charge is 0.459 e. The van der Waals surface area contributed by atoms with Gasteiger partial charge in [0.25, 0.3) is 0 Å². The molecule has 0 aromatic heterocycles. The molecule has 0 bridgehead atoms. The van der Waals surface area contributed by atoms with Crippen LogP contribution in [-0.2, 0) is 23.9 Å². The van der Waals surface area contributed by atoms with Crippen molar-refractivity contribution in [2.75, 3.05) is 32.7 Å². The molecule has 2 saturated heterocycles. The maximum atomic E-state index is 13.5. The Hall–Kier alpha value is -3.10. The van der Waals surface area contributed by atoms with Crippen LogP contribution < -0.4 is 10.6 Å². The molecule has 240 valence electrons. The fraction of sp³-hybridized carbons (Fsp3) is 0.815. The van der Waals surface area contributed by atoms with Crippen LogP contribution in [-0.4, -0.2) is 118 Å². The van der Waals surface area contributed by atoms with Gasteiger partial charge in [-0.25, -0.2) is 4.79 Å². The first-order chi connectivity index (χ1) is 19.2. The molecule has 15 heteroatoms. The Morgan fingerprint density at radius 1 is 0.952 bits per heavy atom. The van der Waals surface area contributed by atoms with E-state index < -0.39 is 77.6 Å². The molecule has 0 spiro atoms. The molecule has 0 saturated carbocycles. The van der Waals surface area contributed by atoms with Crippen LogP contribution in [0, 0.1) is 11.8 Å². The Labute approximate surface area is 244 Å². The molecule has 2 rings (SSSR count). The topological polar surface area (TPSA) is 149 Å². The van der Waals surface area contributed by atoms with Gasteiger partial charge in [-0.05, 0) is 45.4 Å². The van der Waals surface area contributed by atoms with E-state index in [1.807, 2.05) is 0 Å². The number of ether oxygens (including phenoxy) is 1. The molecular formula is C27H44F3N5O7. The predicted molar refractivity (Wildman–Crippen MR) is 145 cm³/mol. The number of rotatable bonds is 11. The molecule has 0 radical (unpaired) electrons. The standard InChI is InChI=1S/C27H44F3N5O7/c1-15(2)20(22(38)27(28,29)30)32-23(39)17-9-8-10-35(17)24(40)21(16(3)4)31-18(36)13-33-11-12-34(25(33)41)14-19(37)42-26(5,6)7/h15-17,20-22,38H,8-14H2,1-7H3,(H,31,36)(H,32,39)/t17-,20-,21-,22-/m0/s1. The zero-order chi connectivity index (χ0) is 32.2. The highest BCUT2D eigenvalue weighted by Gasteiger charge is 2.47. The first kappa shape index (κ1) is 35.1. The van der Waals surface area contributed by atoms with Gasteiger partial charge in [0.05, 0.1) is 6.04 Å². The van der Waals surface area contributed by atoms with Gasteiger partial charge in [0.15, 0.2) is 6.10 Å². The van der Waals surface area contributed by atoms with Crippen molar-refractivity contribution in [3.63, 3.8) is 0 Å². The lowest BCUT2D eigenvalue weighted by atomic mass is 9.97. The molecular weight excluding hydrogens is 563 g/mol. The predicted octanol–water partition coefficient (Wildman–Crippen LogP) is 1.26. The van der Waals surface area contributed by atoms with E-state index in [2.05, 4.69) is 10.6 Å². The summed E-state index contributed by atoms with van der Waals surface area (Å²) in [6, 6.07) is -4.27. The Morgan fingerprint density at radius 2 is 1.52 bits per heavy atom. The van der Waals surface area contributed by atoms with Crippen LogP contribution in [0.2, 0.25) is 0 Å². The number of halogens is 3. The fourth-order valence-electron chi connectivity index (χ4n) is 4.92. The number of alkyl halides is 3. The molecule has 4 atom stereocenters. The monoisotopic (exact) mass is 607 g/mol. The summed E-state index contributed by atoms with van der Waals surface area (Å²) < 4.78 is 44.7. The Bertz CT molecular complexity index is 1020. The van der Waals surface area contributed by atoms with Gasteiger partial charge in [0.2, 0.25) is 17.7 Å². The molecule has 5 amide bonds. The number of urea groups is 1. The first-order valence-corrected chi connectivity index (χ1v) is 14.1. The molecule has 2 aliphatic heterocycles. The summed E-state index contributed by atoms with van der Waals surface area (Å²) in [7, 11) is 0. The van der Waals surface area contributed by atoms with Crippen molar-refractivity contribution in [2.45, 2.75) is 97.3 Å². The molecule has 2 aliphatic rings. The molecule has 0 aromatic carbocycles. The highest BCUT2D eigenvalue weighted by atomic mass is 19.4. The molecule has 0 aliphatic carbocycles. The summed E-state index contributed by atoms with van der Waals surface area (Å²) >= 11 is 0. The van der Waals surface area contributed by atoms with Crippen molar-refractivity contribution >= 4 is 29.7 Å². The SMILES string of the molecule is CC(C)[C@H](NC(=O)CN1CCN(CC(=O)OC(C)(C)C)C1=O)C(=O)N1CCC[C@H]1C(=O)N[C@@H](C(C)C)[C@H](O)C(F)(F)F. The van der Waals surface area contributed by atoms with E-state index in [0.29, 0.717) is 6.42 Å². The lowest BCUT2D eigenvalue weighted by molar-refractivity contribution is -0.215. The average molecular weight is 608 g/mol. The van der Waals surface area contributed by atoms with Gasteiger partial charge in [-0.15, -0.1) is 0 Å². The molecule has 0 unspecified atom stereocenters. The van der Waals surface area contributed by atoms with E-state index in [0.717, 1.165) is 0 Å². The van der Waals surface area contributed by atoms with Gasteiger partial charge in [0, 0.05) is 19.6 Å². The van der Waals surface area contributed by atoms with E-state index in [-0.39, 0.29) is 39.1 Å². The van der Waals surface area contributed by atoms with Crippen LogP contribution >= 0.6 is 0 Å². The number of nitrogens with one attached hydrogen (secondary N) is 2. The zero-order valence-corrected chi connectivity index (χ0v) is 25.3. The van der Waals surface area contributed by atoms with E-state index in [9.17, 15) is 42.3 Å². The van der Waals surface area contributed by atoms with Crippen LogP contribution in [0.15, 0.2) is 0 Å². The number of aliphatic hydroxyl groups excluding tert-OH is 1. The number of carbonyl (C=O) groups excluding carboxylic acids is 5. The van der Waals surface area contributed by atoms with Crippen molar-refractivity contribution in [2.24, 2.45) is 11.8 Å².